The summed E-state index contributed by atoms with van der Waals surface area (Å²) in [6, 6.07) is 44.7. The smallest absolute Gasteiger partial charge is 0.361 e. The lowest BCUT2D eigenvalue weighted by atomic mass is 10.3. The molecule has 2 nitrogen and oxygen atoms in total. The fourth-order valence-electron chi connectivity index (χ4n) is 4.97. The van der Waals surface area contributed by atoms with Crippen LogP contribution in [0.15, 0.2) is 121 Å². The van der Waals surface area contributed by atoms with Crippen LogP contribution in [0.4, 0.5) is 0 Å². The van der Waals surface area contributed by atoms with E-state index in [1.165, 1.54) is 21.2 Å². The van der Waals surface area contributed by atoms with Gasteiger partial charge in [0.15, 0.2) is 0 Å². The summed E-state index contributed by atoms with van der Waals surface area (Å²) in [6.07, 6.45) is 0. The molecule has 0 aliphatic carbocycles. The minimum Gasteiger partial charge on any atom is -0.361 e. The Morgan fingerprint density at radius 1 is 0.378 bits per heavy atom. The van der Waals surface area contributed by atoms with Crippen LogP contribution in [0.1, 0.15) is 0 Å². The van der Waals surface area contributed by atoms with Gasteiger partial charge in [-0.15, -0.1) is 0 Å². The molecule has 0 N–H and O–H groups in total. The third-order valence-corrected chi connectivity index (χ3v) is 15.8. The summed E-state index contributed by atoms with van der Waals surface area (Å²) >= 11 is 0. The van der Waals surface area contributed by atoms with Crippen LogP contribution >= 0.6 is 14.0 Å². The number of quaternary nitrogens is 2. The molecule has 0 saturated heterocycles. The van der Waals surface area contributed by atoms with Gasteiger partial charge in [0.25, 0.3) is 0 Å². The molecule has 7 heteroatoms. The highest BCUT2D eigenvalue weighted by atomic mass is 31.2. The summed E-state index contributed by atoms with van der Waals surface area (Å²) in [7, 11) is 14.7. The highest BCUT2D eigenvalue weighted by Gasteiger charge is 2.71. The number of nitrogens with zero attached hydrogens (tertiary/aromatic N) is 2. The van der Waals surface area contributed by atoms with E-state index in [-0.39, 0.29) is 0 Å². The van der Waals surface area contributed by atoms with E-state index in [4.69, 9.17) is 0 Å². The van der Waals surface area contributed by atoms with Crippen molar-refractivity contribution in [1.29, 1.82) is 0 Å². The Morgan fingerprint density at radius 3 is 0.784 bits per heavy atom. The summed E-state index contributed by atoms with van der Waals surface area (Å²) in [5, 5.41) is 5.56. The molecule has 0 aliphatic rings. The molecule has 0 spiro atoms. The van der Waals surface area contributed by atoms with Crippen LogP contribution in [0.2, 0.25) is 0 Å². The number of rotatable bonds is 10. The monoisotopic (exact) mass is 521 g/mol. The van der Waals surface area contributed by atoms with Crippen molar-refractivity contribution >= 4 is 56.2 Å². The van der Waals surface area contributed by atoms with Gasteiger partial charge < -0.3 is 8.79 Å². The minimum absolute atomic E-state index is 0.766. The van der Waals surface area contributed by atoms with Crippen molar-refractivity contribution in [3.8, 4) is 0 Å². The largest absolute Gasteiger partial charge is 0.681 e. The van der Waals surface area contributed by atoms with Crippen LogP contribution in [0.3, 0.4) is 0 Å². The molecule has 0 aliphatic heterocycles. The molecular formula is C30H38B3N2P2+4. The van der Waals surface area contributed by atoms with Crippen molar-refractivity contribution in [3.05, 3.63) is 121 Å². The van der Waals surface area contributed by atoms with Crippen molar-refractivity contribution in [2.24, 2.45) is 0 Å². The van der Waals surface area contributed by atoms with Crippen LogP contribution in [0, 0.1) is 0 Å². The first-order valence-corrected chi connectivity index (χ1v) is 16.6. The van der Waals surface area contributed by atoms with Crippen molar-refractivity contribution < 1.29 is 8.79 Å². The lowest BCUT2D eigenvalue weighted by Crippen LogP contribution is -2.51. The molecule has 0 fully saturated rings. The van der Waals surface area contributed by atoms with E-state index in [0.717, 1.165) is 8.79 Å². The van der Waals surface area contributed by atoms with Gasteiger partial charge in [0, 0.05) is 0 Å². The van der Waals surface area contributed by atoms with Gasteiger partial charge in [-0.25, -0.2) is 0 Å². The number of hydrogen-bond donors (Lipinski definition) is 0. The maximum atomic E-state index is 2.81. The summed E-state index contributed by atoms with van der Waals surface area (Å²) in [4.78, 5) is 0. The zero-order chi connectivity index (χ0) is 26.6. The first kappa shape index (κ1) is 27.9. The van der Waals surface area contributed by atoms with E-state index < -0.39 is 14.0 Å². The van der Waals surface area contributed by atoms with E-state index in [9.17, 15) is 0 Å². The molecule has 0 unspecified atom stereocenters. The van der Waals surface area contributed by atoms with Crippen LogP contribution in [0.25, 0.3) is 0 Å². The van der Waals surface area contributed by atoms with Gasteiger partial charge in [-0.1, -0.05) is 72.8 Å². The molecule has 0 amide bonds. The van der Waals surface area contributed by atoms with Gasteiger partial charge in [-0.2, -0.15) is 0 Å². The molecule has 0 aromatic heterocycles. The molecule has 0 bridgehead atoms. The van der Waals surface area contributed by atoms with Crippen LogP contribution in [-0.4, -0.2) is 72.1 Å². The normalized spacial score (nSPS) is 12.6. The standard InChI is InChI=1S/C30H38B3N2P2/c1-34(2,3)31-36(27-19-11-7-12-20-27,28-21-13-8-14-22-28)33-37(32-35(4,5)6,29-23-15-9-16-24-29)30-25-17-10-18-26-30/h7-26H,1-6H3/q+4. The summed E-state index contributed by atoms with van der Waals surface area (Å²) in [6.45, 7) is 2.81. The zero-order valence-electron chi connectivity index (χ0n) is 23.1. The first-order chi connectivity index (χ1) is 17.5. The molecule has 4 aromatic carbocycles. The average molecular weight is 521 g/mol. The van der Waals surface area contributed by atoms with Gasteiger partial charge in [-0.3, -0.25) is 0 Å². The zero-order valence-corrected chi connectivity index (χ0v) is 24.9. The maximum absolute atomic E-state index is 2.81. The van der Waals surface area contributed by atoms with Crippen molar-refractivity contribution in [2.75, 3.05) is 42.3 Å². The van der Waals surface area contributed by atoms with E-state index in [1.54, 1.807) is 0 Å². The van der Waals surface area contributed by atoms with E-state index in [1.807, 2.05) is 0 Å². The Hall–Kier alpha value is -2.15. The second-order valence-electron chi connectivity index (χ2n) is 11.5. The molecule has 0 saturated carbocycles. The highest BCUT2D eigenvalue weighted by molar-refractivity contribution is 8.51. The molecule has 183 valence electrons. The van der Waals surface area contributed by atoms with Gasteiger partial charge in [0.05, 0.1) is 63.5 Å². The Balaban J connectivity index is 2.09. The fraction of sp³-hybridized carbons (Fsp3) is 0.200. The number of benzene rings is 4. The Bertz CT molecular complexity index is 1080. The van der Waals surface area contributed by atoms with Crippen molar-refractivity contribution in [3.63, 3.8) is 0 Å². The predicted molar refractivity (Wildman–Crippen MR) is 171 cm³/mol. The summed E-state index contributed by atoms with van der Waals surface area (Å²) < 4.78 is 1.53. The SMILES string of the molecule is C[N+](C)(C)[B][P+]([B][P+]([B][N+](C)(C)C)(c1ccccc1)c1ccccc1)(c1ccccc1)c1ccccc1. The Morgan fingerprint density at radius 2 is 0.595 bits per heavy atom. The molecule has 0 heterocycles. The van der Waals surface area contributed by atoms with Gasteiger partial charge in [0.1, 0.15) is 14.0 Å². The van der Waals surface area contributed by atoms with E-state index in [0.29, 0.717) is 0 Å². The van der Waals surface area contributed by atoms with Crippen LogP contribution in [0.5, 0.6) is 0 Å². The summed E-state index contributed by atoms with van der Waals surface area (Å²) in [5.74, 6) is 0. The molecule has 3 radical (unpaired) electrons. The molecule has 4 rings (SSSR count). The topological polar surface area (TPSA) is 0 Å². The van der Waals surface area contributed by atoms with Crippen LogP contribution in [-0.2, 0) is 0 Å². The molecular weight excluding hydrogens is 483 g/mol. The summed E-state index contributed by atoms with van der Waals surface area (Å²) in [5.41, 5.74) is 0. The Labute approximate surface area is 228 Å². The highest BCUT2D eigenvalue weighted by Crippen LogP contribution is 2.69. The predicted octanol–water partition coefficient (Wildman–Crippen LogP) is 4.34. The molecule has 37 heavy (non-hydrogen) atoms. The second-order valence-corrected chi connectivity index (χ2v) is 18.0. The molecule has 0 atom stereocenters. The molecule has 4 aromatic rings. The van der Waals surface area contributed by atoms with Crippen molar-refractivity contribution in [2.45, 2.75) is 0 Å². The lowest BCUT2D eigenvalue weighted by molar-refractivity contribution is -0.752. The first-order valence-electron chi connectivity index (χ1n) is 12.8. The lowest BCUT2D eigenvalue weighted by Gasteiger charge is -2.34. The average Bonchev–Trinajstić information content (AvgIpc) is 2.88. The van der Waals surface area contributed by atoms with Gasteiger partial charge in [-0.05, 0) is 48.5 Å². The van der Waals surface area contributed by atoms with Crippen molar-refractivity contribution in [1.82, 2.24) is 0 Å². The number of hydrogen-bond acceptors (Lipinski definition) is 0. The second kappa shape index (κ2) is 11.3. The van der Waals surface area contributed by atoms with Gasteiger partial charge in [0.2, 0.25) is 0 Å². The Kier molecular flexibility index (Phi) is 8.52. The third-order valence-electron chi connectivity index (χ3n) is 6.16. The van der Waals surface area contributed by atoms with E-state index >= 15 is 0 Å². The van der Waals surface area contributed by atoms with Crippen LogP contribution < -0.4 is 21.2 Å². The third kappa shape index (κ3) is 6.65. The maximum Gasteiger partial charge on any atom is 0.681 e. The quantitative estimate of drug-likeness (QED) is 0.216. The van der Waals surface area contributed by atoms with E-state index in [2.05, 4.69) is 185 Å². The minimum atomic E-state index is -2.13. The van der Waals surface area contributed by atoms with Gasteiger partial charge >= 0.3 is 21.0 Å². The fourth-order valence-corrected chi connectivity index (χ4v) is 15.9.